The van der Waals surface area contributed by atoms with E-state index in [0.717, 1.165) is 12.0 Å². The molecule has 0 saturated carbocycles. The molecule has 0 aliphatic carbocycles. The van der Waals surface area contributed by atoms with Crippen molar-refractivity contribution < 1.29 is 14.3 Å². The fourth-order valence-corrected chi connectivity index (χ4v) is 3.06. The van der Waals surface area contributed by atoms with E-state index in [0.29, 0.717) is 29.0 Å². The number of benzene rings is 2. The van der Waals surface area contributed by atoms with E-state index in [9.17, 15) is 9.59 Å². The molecule has 0 radical (unpaired) electrons. The number of hydrogen-bond donors (Lipinski definition) is 1. The van der Waals surface area contributed by atoms with Crippen LogP contribution in [0, 0.1) is 0 Å². The quantitative estimate of drug-likeness (QED) is 0.583. The molecule has 1 atom stereocenters. The van der Waals surface area contributed by atoms with Crippen molar-refractivity contribution in [2.24, 2.45) is 0 Å². The average molecular weight is 410 g/mol. The van der Waals surface area contributed by atoms with Gasteiger partial charge in [-0.15, -0.1) is 5.10 Å². The minimum absolute atomic E-state index is 0.117. The predicted molar refractivity (Wildman–Crippen MR) is 114 cm³/mol. The van der Waals surface area contributed by atoms with E-state index < -0.39 is 0 Å². The molecule has 0 unspecified atom stereocenters. The molecule has 3 rings (SSSR count). The standard InChI is InChI=1S/C22H26N4O4/c1-4-13-30-19-10-9-16(14-20(19)29-3)15(2)23-21(27)11-12-26-22(28)17-7-5-6-8-18(17)24-25-26/h5-10,14-15H,4,11-13H2,1-3H3,(H,23,27)/t15-/m1/s1. The molecule has 0 aliphatic rings. The van der Waals surface area contributed by atoms with E-state index in [1.54, 1.807) is 31.4 Å². The molecule has 0 aliphatic heterocycles. The third-order valence-electron chi connectivity index (χ3n) is 4.71. The molecule has 1 heterocycles. The second-order valence-corrected chi connectivity index (χ2v) is 6.93. The second-order valence-electron chi connectivity index (χ2n) is 6.93. The molecule has 1 aromatic heterocycles. The van der Waals surface area contributed by atoms with E-state index in [4.69, 9.17) is 9.47 Å². The minimum atomic E-state index is -0.256. The van der Waals surface area contributed by atoms with Gasteiger partial charge in [0.25, 0.3) is 5.56 Å². The highest BCUT2D eigenvalue weighted by Crippen LogP contribution is 2.30. The molecule has 1 amide bonds. The van der Waals surface area contributed by atoms with Gasteiger partial charge in [0.15, 0.2) is 11.5 Å². The molecule has 8 nitrogen and oxygen atoms in total. The highest BCUT2D eigenvalue weighted by Gasteiger charge is 2.14. The van der Waals surface area contributed by atoms with Crippen molar-refractivity contribution in [1.29, 1.82) is 0 Å². The molecular weight excluding hydrogens is 384 g/mol. The maximum Gasteiger partial charge on any atom is 0.277 e. The third kappa shape index (κ3) is 4.94. The Kier molecular flexibility index (Phi) is 7.00. The zero-order valence-corrected chi connectivity index (χ0v) is 17.4. The van der Waals surface area contributed by atoms with E-state index in [-0.39, 0.29) is 30.5 Å². The number of aromatic nitrogens is 3. The number of amides is 1. The Bertz CT molecular complexity index is 1080. The van der Waals surface area contributed by atoms with Gasteiger partial charge in [-0.05, 0) is 43.2 Å². The fraction of sp³-hybridized carbons (Fsp3) is 0.364. The smallest absolute Gasteiger partial charge is 0.277 e. The number of methoxy groups -OCH3 is 1. The lowest BCUT2D eigenvalue weighted by atomic mass is 10.1. The first-order valence-corrected chi connectivity index (χ1v) is 9.96. The number of carbonyl (C=O) groups is 1. The van der Waals surface area contributed by atoms with Crippen LogP contribution >= 0.6 is 0 Å². The zero-order chi connectivity index (χ0) is 21.5. The Balaban J connectivity index is 1.62. The van der Waals surface area contributed by atoms with Gasteiger partial charge in [0.1, 0.15) is 5.52 Å². The molecule has 0 fully saturated rings. The van der Waals surface area contributed by atoms with Gasteiger partial charge in [-0.2, -0.15) is 0 Å². The monoisotopic (exact) mass is 410 g/mol. The number of hydrogen-bond acceptors (Lipinski definition) is 6. The van der Waals surface area contributed by atoms with E-state index >= 15 is 0 Å². The van der Waals surface area contributed by atoms with Crippen LogP contribution in [-0.2, 0) is 11.3 Å². The first-order valence-electron chi connectivity index (χ1n) is 9.96. The summed E-state index contributed by atoms with van der Waals surface area (Å²) in [7, 11) is 1.59. The summed E-state index contributed by atoms with van der Waals surface area (Å²) in [6, 6.07) is 12.4. The lowest BCUT2D eigenvalue weighted by Crippen LogP contribution is -2.30. The number of nitrogens with zero attached hydrogens (tertiary/aromatic N) is 3. The molecular formula is C22H26N4O4. The summed E-state index contributed by atoms with van der Waals surface area (Å²) >= 11 is 0. The lowest BCUT2D eigenvalue weighted by Gasteiger charge is -2.17. The summed E-state index contributed by atoms with van der Waals surface area (Å²) in [6.07, 6.45) is 1.02. The van der Waals surface area contributed by atoms with Crippen LogP contribution < -0.4 is 20.3 Å². The van der Waals surface area contributed by atoms with Gasteiger partial charge in [0, 0.05) is 6.42 Å². The maximum atomic E-state index is 12.5. The van der Waals surface area contributed by atoms with Crippen LogP contribution in [0.1, 0.15) is 38.3 Å². The topological polar surface area (TPSA) is 95.3 Å². The van der Waals surface area contributed by atoms with Gasteiger partial charge in [-0.3, -0.25) is 9.59 Å². The molecule has 0 spiro atoms. The highest BCUT2D eigenvalue weighted by atomic mass is 16.5. The van der Waals surface area contributed by atoms with Crippen LogP contribution in [0.3, 0.4) is 0 Å². The van der Waals surface area contributed by atoms with Crippen molar-refractivity contribution in [2.75, 3.05) is 13.7 Å². The number of rotatable bonds is 9. The van der Waals surface area contributed by atoms with Crippen molar-refractivity contribution in [2.45, 2.75) is 39.3 Å². The summed E-state index contributed by atoms with van der Waals surface area (Å²) in [5.74, 6) is 1.12. The summed E-state index contributed by atoms with van der Waals surface area (Å²) in [4.78, 5) is 24.9. The molecule has 30 heavy (non-hydrogen) atoms. The zero-order valence-electron chi connectivity index (χ0n) is 17.4. The number of nitrogens with one attached hydrogen (secondary N) is 1. The second kappa shape index (κ2) is 9.87. The van der Waals surface area contributed by atoms with Crippen LogP contribution in [0.4, 0.5) is 0 Å². The normalized spacial score (nSPS) is 11.8. The molecule has 158 valence electrons. The lowest BCUT2D eigenvalue weighted by molar-refractivity contribution is -0.122. The van der Waals surface area contributed by atoms with Crippen LogP contribution in [0.2, 0.25) is 0 Å². The largest absolute Gasteiger partial charge is 0.493 e. The number of carbonyl (C=O) groups excluding carboxylic acids is 1. The van der Waals surface area contributed by atoms with E-state index in [1.807, 2.05) is 32.0 Å². The van der Waals surface area contributed by atoms with Crippen LogP contribution in [-0.4, -0.2) is 34.6 Å². The Morgan fingerprint density at radius 2 is 2.00 bits per heavy atom. The minimum Gasteiger partial charge on any atom is -0.493 e. The van der Waals surface area contributed by atoms with Crippen LogP contribution in [0.5, 0.6) is 11.5 Å². The first-order chi connectivity index (χ1) is 14.5. The Morgan fingerprint density at radius 1 is 1.20 bits per heavy atom. The number of aryl methyl sites for hydroxylation is 1. The molecule has 0 bridgehead atoms. The maximum absolute atomic E-state index is 12.5. The number of fused-ring (bicyclic) bond motifs is 1. The van der Waals surface area contributed by atoms with Crippen molar-refractivity contribution in [3.8, 4) is 11.5 Å². The van der Waals surface area contributed by atoms with E-state index in [2.05, 4.69) is 15.6 Å². The number of ether oxygens (including phenoxy) is 2. The summed E-state index contributed by atoms with van der Waals surface area (Å²) < 4.78 is 12.3. The first kappa shape index (κ1) is 21.3. The summed E-state index contributed by atoms with van der Waals surface area (Å²) in [5.41, 5.74) is 1.18. The van der Waals surface area contributed by atoms with Gasteiger partial charge in [-0.25, -0.2) is 4.68 Å². The predicted octanol–water partition coefficient (Wildman–Crippen LogP) is 2.86. The van der Waals surface area contributed by atoms with E-state index in [1.165, 1.54) is 4.68 Å². The summed E-state index contributed by atoms with van der Waals surface area (Å²) in [6.45, 7) is 4.69. The third-order valence-corrected chi connectivity index (χ3v) is 4.71. The molecule has 2 aromatic carbocycles. The Hall–Kier alpha value is -3.42. The van der Waals surface area contributed by atoms with Crippen LogP contribution in [0.25, 0.3) is 10.9 Å². The average Bonchev–Trinajstić information content (AvgIpc) is 2.77. The molecule has 8 heteroatoms. The van der Waals surface area contributed by atoms with Gasteiger partial charge in [-0.1, -0.05) is 30.3 Å². The Labute approximate surface area is 174 Å². The summed E-state index contributed by atoms with van der Waals surface area (Å²) in [5, 5.41) is 11.4. The van der Waals surface area contributed by atoms with Crippen molar-refractivity contribution in [1.82, 2.24) is 20.3 Å². The van der Waals surface area contributed by atoms with Crippen molar-refractivity contribution in [3.63, 3.8) is 0 Å². The van der Waals surface area contributed by atoms with Gasteiger partial charge < -0.3 is 14.8 Å². The molecule has 3 aromatic rings. The van der Waals surface area contributed by atoms with Gasteiger partial charge in [0.2, 0.25) is 5.91 Å². The fourth-order valence-electron chi connectivity index (χ4n) is 3.06. The molecule has 1 N–H and O–H groups in total. The SMILES string of the molecule is CCCOc1ccc([C@@H](C)NC(=O)CCn2nnc3ccccc3c2=O)cc1OC. The van der Waals surface area contributed by atoms with Crippen LogP contribution in [0.15, 0.2) is 47.3 Å². The van der Waals surface area contributed by atoms with Gasteiger partial charge in [0.05, 0.1) is 31.7 Å². The molecule has 0 saturated heterocycles. The van der Waals surface area contributed by atoms with Crippen molar-refractivity contribution in [3.05, 3.63) is 58.4 Å². The van der Waals surface area contributed by atoms with Crippen molar-refractivity contribution >= 4 is 16.8 Å². The van der Waals surface area contributed by atoms with Gasteiger partial charge >= 0.3 is 0 Å². The Morgan fingerprint density at radius 3 is 2.77 bits per heavy atom. The highest BCUT2D eigenvalue weighted by molar-refractivity contribution is 5.77.